The highest BCUT2D eigenvalue weighted by molar-refractivity contribution is 14.1. The van der Waals surface area contributed by atoms with Gasteiger partial charge >= 0.3 is 5.97 Å². The second kappa shape index (κ2) is 8.29. The van der Waals surface area contributed by atoms with Crippen LogP contribution < -0.4 is 4.74 Å². The lowest BCUT2D eigenvalue weighted by atomic mass is 10.2. The average molecular weight is 366 g/mol. The van der Waals surface area contributed by atoms with Gasteiger partial charge in [0.15, 0.2) is 0 Å². The smallest absolute Gasteiger partial charge is 0.303 e. The van der Waals surface area contributed by atoms with Gasteiger partial charge in [-0.1, -0.05) is 22.6 Å². The quantitative estimate of drug-likeness (QED) is 0.422. The van der Waals surface area contributed by atoms with Gasteiger partial charge in [-0.25, -0.2) is 4.39 Å². The fourth-order valence-corrected chi connectivity index (χ4v) is 1.88. The van der Waals surface area contributed by atoms with Crippen LogP contribution in [0.1, 0.15) is 19.8 Å². The summed E-state index contributed by atoms with van der Waals surface area (Å²) in [6.45, 7) is 1.68. The lowest BCUT2D eigenvalue weighted by molar-refractivity contribution is -0.148. The lowest BCUT2D eigenvalue weighted by Gasteiger charge is -2.17. The van der Waals surface area contributed by atoms with Crippen LogP contribution >= 0.6 is 22.6 Å². The third kappa shape index (κ3) is 6.18. The number of hydrogen-bond acceptors (Lipinski definition) is 3. The van der Waals surface area contributed by atoms with Crippen molar-refractivity contribution in [3.05, 3.63) is 30.1 Å². The number of esters is 1. The van der Waals surface area contributed by atoms with Gasteiger partial charge in [-0.2, -0.15) is 0 Å². The summed E-state index contributed by atoms with van der Waals surface area (Å²) in [5.41, 5.74) is 0. The van der Waals surface area contributed by atoms with E-state index >= 15 is 0 Å². The summed E-state index contributed by atoms with van der Waals surface area (Å²) in [5, 5.41) is 0. The first-order valence-electron chi connectivity index (χ1n) is 5.73. The minimum Gasteiger partial charge on any atom is -0.490 e. The normalized spacial score (nSPS) is 11.9. The van der Waals surface area contributed by atoms with Gasteiger partial charge in [0.1, 0.15) is 24.3 Å². The first-order chi connectivity index (χ1) is 8.61. The highest BCUT2D eigenvalue weighted by atomic mass is 127. The molecular weight excluding hydrogens is 350 g/mol. The van der Waals surface area contributed by atoms with Crippen molar-refractivity contribution in [3.63, 3.8) is 0 Å². The van der Waals surface area contributed by atoms with Crippen molar-refractivity contribution in [3.8, 4) is 5.75 Å². The summed E-state index contributed by atoms with van der Waals surface area (Å²) in [6, 6.07) is 5.78. The first-order valence-corrected chi connectivity index (χ1v) is 7.26. The molecule has 18 heavy (non-hydrogen) atoms. The molecule has 0 N–H and O–H groups in total. The van der Waals surface area contributed by atoms with E-state index in [1.165, 1.54) is 19.1 Å². The molecule has 0 saturated carbocycles. The van der Waals surface area contributed by atoms with Crippen LogP contribution in [0.2, 0.25) is 0 Å². The molecular formula is C13H16FIO3. The molecule has 0 heterocycles. The Bertz CT molecular complexity index is 367. The number of ether oxygens (including phenoxy) is 2. The van der Waals surface area contributed by atoms with Crippen molar-refractivity contribution in [2.45, 2.75) is 25.9 Å². The van der Waals surface area contributed by atoms with Crippen LogP contribution in [-0.2, 0) is 9.53 Å². The summed E-state index contributed by atoms with van der Waals surface area (Å²) in [6.07, 6.45) is 1.48. The first kappa shape index (κ1) is 15.2. The zero-order chi connectivity index (χ0) is 13.4. The summed E-state index contributed by atoms with van der Waals surface area (Å²) in [5.74, 6) is -0.0389. The number of hydrogen-bond donors (Lipinski definition) is 0. The third-order valence-corrected chi connectivity index (χ3v) is 3.00. The Morgan fingerprint density at radius 1 is 1.39 bits per heavy atom. The number of rotatable bonds is 7. The van der Waals surface area contributed by atoms with Crippen molar-refractivity contribution < 1.29 is 18.7 Å². The van der Waals surface area contributed by atoms with Gasteiger partial charge in [0, 0.05) is 6.92 Å². The molecule has 1 rings (SSSR count). The van der Waals surface area contributed by atoms with E-state index in [9.17, 15) is 9.18 Å². The Hall–Kier alpha value is -0.850. The van der Waals surface area contributed by atoms with Crippen LogP contribution in [0.25, 0.3) is 0 Å². The van der Waals surface area contributed by atoms with E-state index in [0.29, 0.717) is 12.4 Å². The van der Waals surface area contributed by atoms with Crippen LogP contribution in [-0.4, -0.2) is 23.1 Å². The van der Waals surface area contributed by atoms with E-state index in [4.69, 9.17) is 9.47 Å². The molecule has 3 nitrogen and oxygen atoms in total. The zero-order valence-corrected chi connectivity index (χ0v) is 12.4. The molecule has 100 valence electrons. The van der Waals surface area contributed by atoms with Crippen molar-refractivity contribution in [2.75, 3.05) is 11.0 Å². The van der Waals surface area contributed by atoms with E-state index < -0.39 is 0 Å². The molecule has 0 saturated heterocycles. The molecule has 5 heteroatoms. The summed E-state index contributed by atoms with van der Waals surface area (Å²) < 4.78 is 24.3. The van der Waals surface area contributed by atoms with E-state index in [1.807, 2.05) is 0 Å². The monoisotopic (exact) mass is 366 g/mol. The molecule has 1 atom stereocenters. The third-order valence-electron chi connectivity index (χ3n) is 2.24. The molecule has 0 spiro atoms. The average Bonchev–Trinajstić information content (AvgIpc) is 2.34. The van der Waals surface area contributed by atoms with Crippen molar-refractivity contribution in [1.82, 2.24) is 0 Å². The maximum absolute atomic E-state index is 12.7. The Morgan fingerprint density at radius 3 is 2.61 bits per heavy atom. The highest BCUT2D eigenvalue weighted by Crippen LogP contribution is 2.13. The molecule has 0 radical (unpaired) electrons. The van der Waals surface area contributed by atoms with Gasteiger partial charge < -0.3 is 9.47 Å². The summed E-state index contributed by atoms with van der Waals surface area (Å²) >= 11 is 2.28. The van der Waals surface area contributed by atoms with Crippen LogP contribution in [0.3, 0.4) is 0 Å². The van der Waals surface area contributed by atoms with Crippen LogP contribution in [0.15, 0.2) is 24.3 Å². The van der Waals surface area contributed by atoms with Crippen molar-refractivity contribution >= 4 is 28.6 Å². The number of halogens is 2. The second-order valence-electron chi connectivity index (χ2n) is 3.83. The largest absolute Gasteiger partial charge is 0.490 e. The van der Waals surface area contributed by atoms with Gasteiger partial charge in [0.05, 0.1) is 0 Å². The lowest BCUT2D eigenvalue weighted by Crippen LogP contribution is -2.24. The maximum Gasteiger partial charge on any atom is 0.303 e. The molecule has 1 aromatic carbocycles. The molecule has 0 aliphatic rings. The molecule has 0 aliphatic heterocycles. The van der Waals surface area contributed by atoms with Gasteiger partial charge in [-0.05, 0) is 41.5 Å². The summed E-state index contributed by atoms with van der Waals surface area (Å²) in [4.78, 5) is 10.9. The van der Waals surface area contributed by atoms with Gasteiger partial charge in [0.2, 0.25) is 0 Å². The predicted molar refractivity (Wildman–Crippen MR) is 75.6 cm³/mol. The molecule has 0 aromatic heterocycles. The van der Waals surface area contributed by atoms with E-state index in [-0.39, 0.29) is 17.9 Å². The molecule has 1 aromatic rings. The second-order valence-corrected chi connectivity index (χ2v) is 4.91. The minimum absolute atomic E-state index is 0.248. The number of alkyl halides is 1. The van der Waals surface area contributed by atoms with E-state index in [2.05, 4.69) is 22.6 Å². The Labute approximate surface area is 120 Å². The molecule has 0 unspecified atom stereocenters. The maximum atomic E-state index is 12.7. The molecule has 0 amide bonds. The van der Waals surface area contributed by atoms with Crippen LogP contribution in [0, 0.1) is 5.82 Å². The Morgan fingerprint density at radius 2 is 2.06 bits per heavy atom. The number of benzene rings is 1. The van der Waals surface area contributed by atoms with Crippen LogP contribution in [0.5, 0.6) is 5.75 Å². The Kier molecular flexibility index (Phi) is 7.00. The predicted octanol–water partition coefficient (Wildman–Crippen LogP) is 3.35. The molecule has 0 bridgehead atoms. The van der Waals surface area contributed by atoms with Crippen molar-refractivity contribution in [1.29, 1.82) is 0 Å². The number of carbonyl (C=O) groups excluding carboxylic acids is 1. The standard InChI is InChI=1S/C13H16FIO3/c1-10(16)18-13(3-2-8-15)9-17-12-6-4-11(14)5-7-12/h4-7,13H,2-3,8-9H2,1H3/t13-/m1/s1. The van der Waals surface area contributed by atoms with E-state index in [1.54, 1.807) is 12.1 Å². The van der Waals surface area contributed by atoms with Crippen molar-refractivity contribution in [2.24, 2.45) is 0 Å². The van der Waals surface area contributed by atoms with Crippen LogP contribution in [0.4, 0.5) is 4.39 Å². The fraction of sp³-hybridized carbons (Fsp3) is 0.462. The molecule has 0 aliphatic carbocycles. The van der Waals surface area contributed by atoms with Gasteiger partial charge in [-0.15, -0.1) is 0 Å². The molecule has 0 fully saturated rings. The fourth-order valence-electron chi connectivity index (χ4n) is 1.44. The number of carbonyl (C=O) groups is 1. The van der Waals surface area contributed by atoms with Gasteiger partial charge in [0.25, 0.3) is 0 Å². The Balaban J connectivity index is 2.44. The topological polar surface area (TPSA) is 35.5 Å². The highest BCUT2D eigenvalue weighted by Gasteiger charge is 2.12. The SMILES string of the molecule is CC(=O)O[C@H](CCCI)COc1ccc(F)cc1. The van der Waals surface area contributed by atoms with Gasteiger partial charge in [-0.3, -0.25) is 4.79 Å². The van der Waals surface area contributed by atoms with E-state index in [0.717, 1.165) is 17.3 Å². The minimum atomic E-state index is -0.309. The summed E-state index contributed by atoms with van der Waals surface area (Å²) in [7, 11) is 0. The zero-order valence-electron chi connectivity index (χ0n) is 10.2.